The molecule has 0 aliphatic rings. The van der Waals surface area contributed by atoms with Crippen LogP contribution in [0.15, 0.2) is 36.4 Å². The highest BCUT2D eigenvalue weighted by molar-refractivity contribution is 9.10. The first-order valence-corrected chi connectivity index (χ1v) is 22.8. The van der Waals surface area contributed by atoms with Crippen LogP contribution in [0.4, 0.5) is 0 Å². The molecule has 0 bridgehead atoms. The standard InChI is InChI=1S/C37H60Br2O3Si2/c1-23(2)43(24(3)4,25(5)6)41-35-17-15-31(19-29(35)13)21-33(38)37(40)34(39)22-32-16-18-36(30(14)20-32)42-44(26(7)8,27(9)10)28(11)12/h15-20,23-28,33-34H,21-22H2,1-14H3. The average Bonchev–Trinajstić information content (AvgIpc) is 2.90. The molecule has 0 fully saturated rings. The summed E-state index contributed by atoms with van der Waals surface area (Å²) < 4.78 is 13.9. The summed E-state index contributed by atoms with van der Waals surface area (Å²) in [6, 6.07) is 12.9. The van der Waals surface area contributed by atoms with Crippen molar-refractivity contribution in [1.82, 2.24) is 0 Å². The molecular formula is C37H60Br2O3Si2. The molecule has 7 heteroatoms. The van der Waals surface area contributed by atoms with Crippen LogP contribution in [0.3, 0.4) is 0 Å². The third-order valence-corrected chi connectivity index (χ3v) is 23.4. The molecule has 2 aromatic rings. The highest BCUT2D eigenvalue weighted by Gasteiger charge is 2.48. The second-order valence-corrected chi connectivity index (χ2v) is 27.7. The zero-order chi connectivity index (χ0) is 33.7. The Hall–Kier alpha value is -0.896. The maximum Gasteiger partial charge on any atom is 0.258 e. The van der Waals surface area contributed by atoms with Crippen LogP contribution >= 0.6 is 31.9 Å². The molecular weight excluding hydrogens is 708 g/mol. The van der Waals surface area contributed by atoms with Crippen molar-refractivity contribution in [2.24, 2.45) is 0 Å². The Labute approximate surface area is 289 Å². The first kappa shape index (κ1) is 39.3. The lowest BCUT2D eigenvalue weighted by Crippen LogP contribution is -2.50. The average molecular weight is 769 g/mol. The molecule has 0 radical (unpaired) electrons. The van der Waals surface area contributed by atoms with Gasteiger partial charge in [0.2, 0.25) is 0 Å². The maximum atomic E-state index is 13.4. The molecule has 0 aromatic heterocycles. The lowest BCUT2D eigenvalue weighted by molar-refractivity contribution is -0.117. The number of hydrogen-bond acceptors (Lipinski definition) is 3. The lowest BCUT2D eigenvalue weighted by atomic mass is 10.00. The summed E-state index contributed by atoms with van der Waals surface area (Å²) in [7, 11) is -4.06. The van der Waals surface area contributed by atoms with Crippen LogP contribution in [0, 0.1) is 13.8 Å². The van der Waals surface area contributed by atoms with Gasteiger partial charge < -0.3 is 8.85 Å². The highest BCUT2D eigenvalue weighted by Crippen LogP contribution is 2.44. The van der Waals surface area contributed by atoms with Crippen LogP contribution in [-0.4, -0.2) is 32.1 Å². The molecule has 0 spiro atoms. The van der Waals surface area contributed by atoms with E-state index in [1.54, 1.807) is 0 Å². The zero-order valence-corrected chi connectivity index (χ0v) is 35.1. The Morgan fingerprint density at radius 2 is 0.841 bits per heavy atom. The monoisotopic (exact) mass is 766 g/mol. The minimum atomic E-state index is -2.03. The zero-order valence-electron chi connectivity index (χ0n) is 30.0. The van der Waals surface area contributed by atoms with Crippen molar-refractivity contribution >= 4 is 54.3 Å². The number of halogens is 2. The van der Waals surface area contributed by atoms with Gasteiger partial charge in [-0.3, -0.25) is 4.79 Å². The van der Waals surface area contributed by atoms with Gasteiger partial charge in [0.1, 0.15) is 11.5 Å². The van der Waals surface area contributed by atoms with Gasteiger partial charge in [0.25, 0.3) is 16.6 Å². The molecule has 2 unspecified atom stereocenters. The van der Waals surface area contributed by atoms with Gasteiger partial charge in [-0.25, -0.2) is 0 Å². The fourth-order valence-corrected chi connectivity index (χ4v) is 20.2. The summed E-state index contributed by atoms with van der Waals surface area (Å²) >= 11 is 7.45. The first-order valence-electron chi connectivity index (χ1n) is 16.7. The number of rotatable bonds is 16. The van der Waals surface area contributed by atoms with E-state index in [2.05, 4.69) is 165 Å². The Balaban J connectivity index is 2.14. The van der Waals surface area contributed by atoms with Crippen LogP contribution in [0.5, 0.6) is 11.5 Å². The molecule has 0 saturated heterocycles. The van der Waals surface area contributed by atoms with E-state index in [0.717, 1.165) is 33.8 Å². The minimum Gasteiger partial charge on any atom is -0.543 e. The fraction of sp³-hybridized carbons (Fsp3) is 0.649. The van der Waals surface area contributed by atoms with Crippen LogP contribution < -0.4 is 8.85 Å². The van der Waals surface area contributed by atoms with Gasteiger partial charge in [0.05, 0.1) is 9.65 Å². The van der Waals surface area contributed by atoms with Gasteiger partial charge >= 0.3 is 0 Å². The molecule has 3 nitrogen and oxygen atoms in total. The number of alkyl halides is 2. The summed E-state index contributed by atoms with van der Waals surface area (Å²) in [6.07, 6.45) is 1.28. The van der Waals surface area contributed by atoms with Gasteiger partial charge in [-0.1, -0.05) is 139 Å². The SMILES string of the molecule is Cc1cc(CC(Br)C(=O)C(Br)Cc2ccc(O[Si](C(C)C)(C(C)C)C(C)C)c(C)c2)ccc1O[Si](C(C)C)(C(C)C)C(C)C. The first-order chi connectivity index (χ1) is 20.3. The summed E-state index contributed by atoms with van der Waals surface area (Å²) in [5.74, 6) is 2.15. The van der Waals surface area contributed by atoms with E-state index in [0.29, 0.717) is 46.1 Å². The Morgan fingerprint density at radius 3 is 1.07 bits per heavy atom. The second kappa shape index (κ2) is 16.3. The van der Waals surface area contributed by atoms with E-state index >= 15 is 0 Å². The number of carbonyl (C=O) groups excluding carboxylic acids is 1. The normalized spacial score (nSPS) is 14.3. The van der Waals surface area contributed by atoms with E-state index in [4.69, 9.17) is 8.85 Å². The molecule has 0 N–H and O–H groups in total. The predicted molar refractivity (Wildman–Crippen MR) is 204 cm³/mol. The van der Waals surface area contributed by atoms with Gasteiger partial charge in [0.15, 0.2) is 5.78 Å². The molecule has 2 rings (SSSR count). The quantitative estimate of drug-likeness (QED) is 0.126. The smallest absolute Gasteiger partial charge is 0.258 e. The summed E-state index contributed by atoms with van der Waals surface area (Å²) in [4.78, 5) is 12.9. The van der Waals surface area contributed by atoms with Crippen molar-refractivity contribution in [2.75, 3.05) is 0 Å². The van der Waals surface area contributed by atoms with Crippen LogP contribution in [0.1, 0.15) is 105 Å². The van der Waals surface area contributed by atoms with Gasteiger partial charge in [0, 0.05) is 0 Å². The van der Waals surface area contributed by atoms with E-state index in [1.165, 1.54) is 0 Å². The molecule has 0 amide bonds. The van der Waals surface area contributed by atoms with E-state index in [9.17, 15) is 4.79 Å². The summed E-state index contributed by atoms with van der Waals surface area (Å²) in [5.41, 5.74) is 7.67. The van der Waals surface area contributed by atoms with Crippen molar-refractivity contribution in [2.45, 2.75) is 153 Å². The van der Waals surface area contributed by atoms with Crippen LogP contribution in [-0.2, 0) is 17.6 Å². The van der Waals surface area contributed by atoms with Crippen molar-refractivity contribution in [1.29, 1.82) is 0 Å². The van der Waals surface area contributed by atoms with Gasteiger partial charge in [-0.05, 0) is 94.3 Å². The summed E-state index contributed by atoms with van der Waals surface area (Å²) in [5, 5.41) is 0. The van der Waals surface area contributed by atoms with Gasteiger partial charge in [-0.15, -0.1) is 0 Å². The predicted octanol–water partition coefficient (Wildman–Crippen LogP) is 12.3. The van der Waals surface area contributed by atoms with Crippen molar-refractivity contribution in [3.8, 4) is 11.5 Å². The highest BCUT2D eigenvalue weighted by atomic mass is 79.9. The van der Waals surface area contributed by atoms with Gasteiger partial charge in [-0.2, -0.15) is 0 Å². The number of hydrogen-bond donors (Lipinski definition) is 0. The Morgan fingerprint density at radius 1 is 0.568 bits per heavy atom. The number of carbonyl (C=O) groups is 1. The Bertz CT molecular complexity index is 1100. The topological polar surface area (TPSA) is 35.5 Å². The number of ketones is 1. The van der Waals surface area contributed by atoms with Crippen molar-refractivity contribution < 1.29 is 13.6 Å². The fourth-order valence-electron chi connectivity index (χ4n) is 7.81. The Kier molecular flexibility index (Phi) is 14.5. The van der Waals surface area contributed by atoms with Crippen LogP contribution in [0.25, 0.3) is 0 Å². The third kappa shape index (κ3) is 8.71. The number of aryl methyl sites for hydroxylation is 2. The second-order valence-electron chi connectivity index (χ2n) is 14.8. The number of benzene rings is 2. The molecule has 248 valence electrons. The van der Waals surface area contributed by atoms with E-state index in [1.807, 2.05) is 0 Å². The van der Waals surface area contributed by atoms with Crippen LogP contribution in [0.2, 0.25) is 33.2 Å². The molecule has 0 saturated carbocycles. The van der Waals surface area contributed by atoms with E-state index < -0.39 is 16.6 Å². The maximum absolute atomic E-state index is 13.4. The minimum absolute atomic E-state index is 0.164. The molecule has 2 aromatic carbocycles. The molecule has 0 aliphatic heterocycles. The third-order valence-electron chi connectivity index (χ3n) is 9.91. The number of Topliss-reactive ketones (excluding diaryl/α,β-unsaturated/α-hetero) is 1. The largest absolute Gasteiger partial charge is 0.543 e. The molecule has 2 atom stereocenters. The van der Waals surface area contributed by atoms with Crippen molar-refractivity contribution in [3.05, 3.63) is 58.7 Å². The lowest BCUT2D eigenvalue weighted by Gasteiger charge is -2.42. The molecule has 0 heterocycles. The molecule has 0 aliphatic carbocycles. The summed E-state index contributed by atoms with van der Waals surface area (Å²) in [6.45, 7) is 32.0. The molecule has 44 heavy (non-hydrogen) atoms. The van der Waals surface area contributed by atoms with Crippen molar-refractivity contribution in [3.63, 3.8) is 0 Å². The van der Waals surface area contributed by atoms with E-state index in [-0.39, 0.29) is 15.4 Å².